The third kappa shape index (κ3) is 3.27. The van der Waals surface area contributed by atoms with Crippen molar-refractivity contribution in [1.82, 2.24) is 9.13 Å². The lowest BCUT2D eigenvalue weighted by Gasteiger charge is -2.44. The van der Waals surface area contributed by atoms with Crippen LogP contribution in [-0.2, 0) is 6.54 Å². The zero-order valence-corrected chi connectivity index (χ0v) is 19.1. The summed E-state index contributed by atoms with van der Waals surface area (Å²) in [5, 5.41) is 1.19. The number of rotatable bonds is 7. The van der Waals surface area contributed by atoms with Crippen LogP contribution in [0.1, 0.15) is 47.1 Å². The van der Waals surface area contributed by atoms with Crippen molar-refractivity contribution in [3.8, 4) is 5.75 Å². The van der Waals surface area contributed by atoms with E-state index in [0.717, 1.165) is 18.0 Å². The Kier molecular flexibility index (Phi) is 6.13. The lowest BCUT2D eigenvalue weighted by molar-refractivity contribution is 0.404. The molecule has 0 unspecified atom stereocenters. The van der Waals surface area contributed by atoms with Crippen LogP contribution in [-0.4, -0.2) is 38.6 Å². The minimum absolute atomic E-state index is 0.623. The van der Waals surface area contributed by atoms with Gasteiger partial charge in [0.2, 0.25) is 0 Å². The highest BCUT2D eigenvalue weighted by Crippen LogP contribution is 2.46. The monoisotopic (exact) mass is 375 g/mol. The van der Waals surface area contributed by atoms with E-state index in [9.17, 15) is 0 Å². The van der Waals surface area contributed by atoms with E-state index in [1.807, 2.05) is 6.07 Å². The molecule has 1 aromatic heterocycles. The molecule has 4 nitrogen and oxygen atoms in total. The van der Waals surface area contributed by atoms with Crippen molar-refractivity contribution in [3.05, 3.63) is 23.9 Å². The Bertz CT molecular complexity index is 740. The second-order valence-corrected chi connectivity index (χ2v) is 14.4. The topological polar surface area (TPSA) is 43.4 Å². The summed E-state index contributed by atoms with van der Waals surface area (Å²) in [6, 6.07) is 4.13. The Balaban J connectivity index is 2.94. The molecule has 0 aliphatic rings. The standard InChI is InChI=1S/C21H37N3OSi/c1-14(2)26(15(3)4,16(5)6)24-13-17(12-23(7)8)21-19(22)10-18(25-9)11-20(21)24/h10-11,13-16H,12,22H2,1-9H3. The predicted molar refractivity (Wildman–Crippen MR) is 117 cm³/mol. The van der Waals surface area contributed by atoms with Crippen LogP contribution in [0.15, 0.2) is 18.3 Å². The molecule has 146 valence electrons. The van der Waals surface area contributed by atoms with Crippen molar-refractivity contribution in [2.24, 2.45) is 0 Å². The highest BCUT2D eigenvalue weighted by Gasteiger charge is 2.46. The second-order valence-electron chi connectivity index (χ2n) is 8.72. The number of fused-ring (bicyclic) bond motifs is 1. The number of ether oxygens (including phenoxy) is 1. The normalized spacial score (nSPS) is 13.0. The molecule has 0 amide bonds. The lowest BCUT2D eigenvalue weighted by Crippen LogP contribution is -2.51. The largest absolute Gasteiger partial charge is 0.497 e. The quantitative estimate of drug-likeness (QED) is 0.526. The van der Waals surface area contributed by atoms with Gasteiger partial charge in [0.05, 0.1) is 7.11 Å². The molecule has 2 aromatic rings. The molecule has 1 heterocycles. The number of nitrogens with zero attached hydrogens (tertiary/aromatic N) is 2. The number of aromatic nitrogens is 1. The molecule has 2 rings (SSSR count). The number of benzene rings is 1. The molecular formula is C21H37N3OSi. The number of nitrogen functional groups attached to an aromatic ring is 1. The molecule has 5 heteroatoms. The molecule has 0 saturated carbocycles. The smallest absolute Gasteiger partial charge is 0.169 e. The minimum atomic E-state index is -1.87. The first-order valence-electron chi connectivity index (χ1n) is 9.69. The minimum Gasteiger partial charge on any atom is -0.497 e. The summed E-state index contributed by atoms with van der Waals surface area (Å²) >= 11 is 0. The Morgan fingerprint density at radius 1 is 1.04 bits per heavy atom. The van der Waals surface area contributed by atoms with Crippen molar-refractivity contribution in [1.29, 1.82) is 0 Å². The Morgan fingerprint density at radius 3 is 2.00 bits per heavy atom. The molecular weight excluding hydrogens is 338 g/mol. The van der Waals surface area contributed by atoms with E-state index in [-0.39, 0.29) is 0 Å². The van der Waals surface area contributed by atoms with Gasteiger partial charge < -0.3 is 19.6 Å². The van der Waals surface area contributed by atoms with Gasteiger partial charge in [-0.2, -0.15) is 0 Å². The van der Waals surface area contributed by atoms with Crippen molar-refractivity contribution < 1.29 is 4.74 Å². The molecule has 0 aliphatic carbocycles. The SMILES string of the molecule is COc1cc(N)c2c(CN(C)C)cn([Si](C(C)C)(C(C)C)C(C)C)c2c1. The van der Waals surface area contributed by atoms with Crippen LogP contribution in [0.4, 0.5) is 5.69 Å². The third-order valence-corrected chi connectivity index (χ3v) is 12.7. The summed E-state index contributed by atoms with van der Waals surface area (Å²) in [5.41, 5.74) is 11.7. The Labute approximate surface area is 160 Å². The number of nitrogens with two attached hydrogens (primary N) is 1. The molecule has 26 heavy (non-hydrogen) atoms. The molecule has 0 spiro atoms. The first kappa shape index (κ1) is 20.8. The first-order valence-corrected chi connectivity index (χ1v) is 11.9. The van der Waals surface area contributed by atoms with E-state index in [2.05, 4.69) is 77.0 Å². The van der Waals surface area contributed by atoms with Crippen molar-refractivity contribution in [2.45, 2.75) is 64.7 Å². The molecule has 0 bridgehead atoms. The predicted octanol–water partition coefficient (Wildman–Crippen LogP) is 5.32. The van der Waals surface area contributed by atoms with Crippen molar-refractivity contribution in [2.75, 3.05) is 26.9 Å². The van der Waals surface area contributed by atoms with Gasteiger partial charge in [-0.15, -0.1) is 0 Å². The number of anilines is 1. The third-order valence-electron chi connectivity index (χ3n) is 5.90. The molecule has 1 aromatic carbocycles. The molecule has 0 atom stereocenters. The van der Waals surface area contributed by atoms with E-state index >= 15 is 0 Å². The van der Waals surface area contributed by atoms with Gasteiger partial charge in [-0.05, 0) is 36.3 Å². The molecule has 2 N–H and O–H groups in total. The van der Waals surface area contributed by atoms with E-state index in [1.54, 1.807) is 7.11 Å². The van der Waals surface area contributed by atoms with Gasteiger partial charge in [0.25, 0.3) is 0 Å². The van der Waals surface area contributed by atoms with Gasteiger partial charge in [0, 0.05) is 41.5 Å². The molecule has 0 aliphatic heterocycles. The lowest BCUT2D eigenvalue weighted by atomic mass is 10.1. The fourth-order valence-electron chi connectivity index (χ4n) is 5.19. The first-order chi connectivity index (χ1) is 12.1. The van der Waals surface area contributed by atoms with Gasteiger partial charge >= 0.3 is 0 Å². The van der Waals surface area contributed by atoms with Crippen molar-refractivity contribution >= 4 is 24.8 Å². The van der Waals surface area contributed by atoms with Gasteiger partial charge in [0.15, 0.2) is 8.24 Å². The van der Waals surface area contributed by atoms with E-state index in [4.69, 9.17) is 10.5 Å². The van der Waals surface area contributed by atoms with Gasteiger partial charge in [-0.25, -0.2) is 0 Å². The highest BCUT2D eigenvalue weighted by atomic mass is 28.3. The maximum absolute atomic E-state index is 6.50. The van der Waals surface area contributed by atoms with E-state index in [1.165, 1.54) is 16.5 Å². The number of methoxy groups -OCH3 is 1. The van der Waals surface area contributed by atoms with Crippen LogP contribution < -0.4 is 10.5 Å². The van der Waals surface area contributed by atoms with E-state index in [0.29, 0.717) is 16.6 Å². The van der Waals surface area contributed by atoms with Crippen LogP contribution in [0.2, 0.25) is 16.6 Å². The van der Waals surface area contributed by atoms with Crippen molar-refractivity contribution in [3.63, 3.8) is 0 Å². The average Bonchev–Trinajstić information content (AvgIpc) is 2.85. The maximum atomic E-state index is 6.50. The number of hydrogen-bond donors (Lipinski definition) is 1. The summed E-state index contributed by atoms with van der Waals surface area (Å²) in [4.78, 5) is 2.21. The average molecular weight is 376 g/mol. The van der Waals surface area contributed by atoms with Crippen LogP contribution in [0.3, 0.4) is 0 Å². The molecule has 0 radical (unpaired) electrons. The van der Waals surface area contributed by atoms with Gasteiger partial charge in [0.1, 0.15) is 5.75 Å². The summed E-state index contributed by atoms with van der Waals surface area (Å²) in [6.45, 7) is 15.3. The summed E-state index contributed by atoms with van der Waals surface area (Å²) in [6.07, 6.45) is 2.40. The van der Waals surface area contributed by atoms with Crippen LogP contribution in [0.5, 0.6) is 5.75 Å². The van der Waals surface area contributed by atoms with Gasteiger partial charge in [-0.3, -0.25) is 0 Å². The Hall–Kier alpha value is -1.46. The van der Waals surface area contributed by atoms with Crippen LogP contribution >= 0.6 is 0 Å². The van der Waals surface area contributed by atoms with Gasteiger partial charge in [-0.1, -0.05) is 41.5 Å². The zero-order chi connectivity index (χ0) is 19.8. The second kappa shape index (κ2) is 7.65. The maximum Gasteiger partial charge on any atom is 0.169 e. The highest BCUT2D eigenvalue weighted by molar-refractivity contribution is 6.82. The molecule has 0 fully saturated rings. The summed E-state index contributed by atoms with van der Waals surface area (Å²) in [5.74, 6) is 0.838. The fraction of sp³-hybridized carbons (Fsp3) is 0.619. The fourth-order valence-corrected chi connectivity index (χ4v) is 11.8. The van der Waals surface area contributed by atoms with Crippen LogP contribution in [0.25, 0.3) is 10.9 Å². The summed E-state index contributed by atoms with van der Waals surface area (Å²) in [7, 11) is 4.07. The van der Waals surface area contributed by atoms with E-state index < -0.39 is 8.24 Å². The Morgan fingerprint density at radius 2 is 1.58 bits per heavy atom. The van der Waals surface area contributed by atoms with Crippen LogP contribution in [0, 0.1) is 0 Å². The zero-order valence-electron chi connectivity index (χ0n) is 18.1. The summed E-state index contributed by atoms with van der Waals surface area (Å²) < 4.78 is 8.19. The molecule has 0 saturated heterocycles. The number of hydrogen-bond acceptors (Lipinski definition) is 3.